The molecule has 2 rings (SSSR count). The van der Waals surface area contributed by atoms with Crippen LogP contribution in [0.1, 0.15) is 34.1 Å². The standard InChI is InChI=1S/C19H24N2O9/c1-5-27-16(22)15-10-14(11-20(15)17(23)30-19(2,3)4)29-18(24)28-13-8-6-12(7-9-13)21(25)26/h6-9,14-15H,5,10-11H2,1-4H3/t14-,15-/m0/s1. The van der Waals surface area contributed by atoms with Crippen molar-refractivity contribution in [2.45, 2.75) is 51.9 Å². The van der Waals surface area contributed by atoms with E-state index in [9.17, 15) is 24.5 Å². The van der Waals surface area contributed by atoms with Crippen molar-refractivity contribution < 1.29 is 38.3 Å². The highest BCUT2D eigenvalue weighted by Gasteiger charge is 2.44. The van der Waals surface area contributed by atoms with Crippen LogP contribution in [-0.2, 0) is 19.0 Å². The van der Waals surface area contributed by atoms with Crippen LogP contribution < -0.4 is 4.74 Å². The Bertz CT molecular complexity index is 801. The Kier molecular flexibility index (Phi) is 7.19. The van der Waals surface area contributed by atoms with Crippen molar-refractivity contribution in [3.8, 4) is 5.75 Å². The Balaban J connectivity index is 2.02. The van der Waals surface area contributed by atoms with E-state index in [2.05, 4.69) is 0 Å². The molecule has 1 aliphatic rings. The lowest BCUT2D eigenvalue weighted by Gasteiger charge is -2.27. The summed E-state index contributed by atoms with van der Waals surface area (Å²) < 4.78 is 20.5. The van der Waals surface area contributed by atoms with Crippen LogP contribution in [0.5, 0.6) is 5.75 Å². The van der Waals surface area contributed by atoms with Crippen molar-refractivity contribution in [3.05, 3.63) is 34.4 Å². The fourth-order valence-corrected chi connectivity index (χ4v) is 2.76. The van der Waals surface area contributed by atoms with Crippen LogP contribution in [-0.4, -0.2) is 58.9 Å². The summed E-state index contributed by atoms with van der Waals surface area (Å²) in [5, 5.41) is 10.7. The summed E-state index contributed by atoms with van der Waals surface area (Å²) in [5.74, 6) is -0.576. The van der Waals surface area contributed by atoms with Gasteiger partial charge in [0.25, 0.3) is 5.69 Å². The molecule has 1 heterocycles. The summed E-state index contributed by atoms with van der Waals surface area (Å²) in [6.45, 7) is 6.76. The van der Waals surface area contributed by atoms with E-state index >= 15 is 0 Å². The molecule has 164 valence electrons. The van der Waals surface area contributed by atoms with E-state index in [-0.39, 0.29) is 31.0 Å². The highest BCUT2D eigenvalue weighted by molar-refractivity contribution is 5.82. The lowest BCUT2D eigenvalue weighted by molar-refractivity contribution is -0.384. The van der Waals surface area contributed by atoms with Gasteiger partial charge in [0, 0.05) is 18.6 Å². The molecule has 0 saturated carbocycles. The molecule has 0 radical (unpaired) electrons. The van der Waals surface area contributed by atoms with E-state index in [1.807, 2.05) is 0 Å². The Hall–Kier alpha value is -3.37. The number of nitro benzene ring substituents is 1. The number of esters is 1. The first-order valence-corrected chi connectivity index (χ1v) is 9.29. The summed E-state index contributed by atoms with van der Waals surface area (Å²) in [5.41, 5.74) is -0.929. The lowest BCUT2D eigenvalue weighted by atomic mass is 10.2. The number of non-ortho nitro benzene ring substituents is 1. The number of amides is 1. The summed E-state index contributed by atoms with van der Waals surface area (Å²) in [4.78, 5) is 48.0. The number of ether oxygens (including phenoxy) is 4. The maximum Gasteiger partial charge on any atom is 0.514 e. The average Bonchev–Trinajstić information content (AvgIpc) is 3.05. The molecule has 1 fully saturated rings. The van der Waals surface area contributed by atoms with Gasteiger partial charge in [-0.15, -0.1) is 0 Å². The van der Waals surface area contributed by atoms with E-state index in [1.54, 1.807) is 27.7 Å². The predicted octanol–water partition coefficient (Wildman–Crippen LogP) is 3.05. The van der Waals surface area contributed by atoms with E-state index in [0.717, 1.165) is 4.90 Å². The van der Waals surface area contributed by atoms with Crippen molar-refractivity contribution in [2.75, 3.05) is 13.2 Å². The van der Waals surface area contributed by atoms with Crippen LogP contribution in [0.4, 0.5) is 15.3 Å². The zero-order valence-electron chi connectivity index (χ0n) is 17.2. The topological polar surface area (TPSA) is 135 Å². The van der Waals surface area contributed by atoms with Gasteiger partial charge in [-0.2, -0.15) is 0 Å². The van der Waals surface area contributed by atoms with E-state index in [1.165, 1.54) is 24.3 Å². The van der Waals surface area contributed by atoms with Crippen molar-refractivity contribution in [1.82, 2.24) is 4.90 Å². The molecule has 0 N–H and O–H groups in total. The Morgan fingerprint density at radius 2 is 1.83 bits per heavy atom. The van der Waals surface area contributed by atoms with Crippen LogP contribution in [0.2, 0.25) is 0 Å². The minimum absolute atomic E-state index is 0.0213. The van der Waals surface area contributed by atoms with Crippen molar-refractivity contribution in [1.29, 1.82) is 0 Å². The number of rotatable bonds is 5. The first-order valence-electron chi connectivity index (χ1n) is 9.29. The van der Waals surface area contributed by atoms with Gasteiger partial charge >= 0.3 is 18.2 Å². The van der Waals surface area contributed by atoms with Crippen molar-refractivity contribution in [3.63, 3.8) is 0 Å². The van der Waals surface area contributed by atoms with Gasteiger partial charge in [-0.1, -0.05) is 0 Å². The number of hydrogen-bond acceptors (Lipinski definition) is 9. The fourth-order valence-electron chi connectivity index (χ4n) is 2.76. The molecule has 1 saturated heterocycles. The number of likely N-dealkylation sites (tertiary alicyclic amines) is 1. The summed E-state index contributed by atoms with van der Waals surface area (Å²) in [7, 11) is 0. The maximum atomic E-state index is 12.5. The number of hydrogen-bond donors (Lipinski definition) is 0. The second-order valence-electron chi connectivity index (χ2n) is 7.48. The van der Waals surface area contributed by atoms with Gasteiger partial charge < -0.3 is 18.9 Å². The normalized spacial score (nSPS) is 18.5. The van der Waals surface area contributed by atoms with Crippen molar-refractivity contribution >= 4 is 23.9 Å². The molecule has 30 heavy (non-hydrogen) atoms. The molecule has 1 amide bonds. The molecule has 2 atom stereocenters. The van der Waals surface area contributed by atoms with Gasteiger partial charge in [-0.05, 0) is 39.8 Å². The number of benzene rings is 1. The first kappa shape index (κ1) is 22.9. The first-order chi connectivity index (χ1) is 14.0. The van der Waals surface area contributed by atoms with E-state index < -0.39 is 40.9 Å². The molecule has 0 unspecified atom stereocenters. The zero-order valence-corrected chi connectivity index (χ0v) is 17.2. The Morgan fingerprint density at radius 3 is 2.37 bits per heavy atom. The van der Waals surface area contributed by atoms with Gasteiger partial charge in [0.1, 0.15) is 23.5 Å². The molecule has 1 aromatic rings. The molecule has 0 aromatic heterocycles. The third-order valence-corrected chi connectivity index (χ3v) is 3.96. The minimum atomic E-state index is -1.07. The molecular weight excluding hydrogens is 400 g/mol. The Labute approximate surface area is 173 Å². The predicted molar refractivity (Wildman–Crippen MR) is 102 cm³/mol. The van der Waals surface area contributed by atoms with Crippen LogP contribution in [0.25, 0.3) is 0 Å². The monoisotopic (exact) mass is 424 g/mol. The van der Waals surface area contributed by atoms with Crippen LogP contribution in [0.15, 0.2) is 24.3 Å². The molecule has 0 spiro atoms. The van der Waals surface area contributed by atoms with E-state index in [0.29, 0.717) is 0 Å². The number of nitro groups is 1. The zero-order chi connectivity index (χ0) is 22.5. The second kappa shape index (κ2) is 9.42. The molecule has 0 aliphatic carbocycles. The van der Waals surface area contributed by atoms with E-state index in [4.69, 9.17) is 18.9 Å². The summed E-state index contributed by atoms with van der Waals surface area (Å²) >= 11 is 0. The smallest absolute Gasteiger partial charge is 0.464 e. The molecule has 0 bridgehead atoms. The average molecular weight is 424 g/mol. The highest BCUT2D eigenvalue weighted by atomic mass is 16.7. The van der Waals surface area contributed by atoms with Crippen LogP contribution >= 0.6 is 0 Å². The third kappa shape index (κ3) is 6.33. The quantitative estimate of drug-likeness (QED) is 0.230. The second-order valence-corrected chi connectivity index (χ2v) is 7.48. The minimum Gasteiger partial charge on any atom is -0.464 e. The lowest BCUT2D eigenvalue weighted by Crippen LogP contribution is -2.44. The fraction of sp³-hybridized carbons (Fsp3) is 0.526. The molecule has 1 aromatic carbocycles. The third-order valence-electron chi connectivity index (χ3n) is 3.96. The van der Waals surface area contributed by atoms with Gasteiger partial charge in [0.15, 0.2) is 0 Å². The largest absolute Gasteiger partial charge is 0.514 e. The molecule has 1 aliphatic heterocycles. The number of carbonyl (C=O) groups excluding carboxylic acids is 3. The van der Waals surface area contributed by atoms with Crippen LogP contribution in [0, 0.1) is 10.1 Å². The number of nitrogens with zero attached hydrogens (tertiary/aromatic N) is 2. The SMILES string of the molecule is CCOC(=O)[C@@H]1C[C@H](OC(=O)Oc2ccc([N+](=O)[O-])cc2)CN1C(=O)OC(C)(C)C. The summed E-state index contributed by atoms with van der Waals surface area (Å²) in [6.07, 6.45) is -2.59. The van der Waals surface area contributed by atoms with Gasteiger partial charge in [-0.25, -0.2) is 14.4 Å². The van der Waals surface area contributed by atoms with Gasteiger partial charge in [0.05, 0.1) is 18.1 Å². The summed E-state index contributed by atoms with van der Waals surface area (Å²) in [6, 6.07) is 3.90. The molecule has 11 heteroatoms. The van der Waals surface area contributed by atoms with Crippen LogP contribution in [0.3, 0.4) is 0 Å². The maximum absolute atomic E-state index is 12.5. The van der Waals surface area contributed by atoms with Gasteiger partial charge in [0.2, 0.25) is 0 Å². The molecular formula is C19H24N2O9. The highest BCUT2D eigenvalue weighted by Crippen LogP contribution is 2.25. The molecule has 11 nitrogen and oxygen atoms in total. The number of carbonyl (C=O) groups is 3. The van der Waals surface area contributed by atoms with Gasteiger partial charge in [-0.3, -0.25) is 15.0 Å². The van der Waals surface area contributed by atoms with Crippen molar-refractivity contribution in [2.24, 2.45) is 0 Å². The Morgan fingerprint density at radius 1 is 1.20 bits per heavy atom.